The van der Waals surface area contributed by atoms with Gasteiger partial charge in [0.15, 0.2) is 5.96 Å². The number of guanidine groups is 1. The van der Waals surface area contributed by atoms with E-state index in [2.05, 4.69) is 15.3 Å². The van der Waals surface area contributed by atoms with Crippen LogP contribution >= 0.6 is 0 Å². The number of nitrogens with zero attached hydrogens (tertiary/aromatic N) is 3. The molecular weight excluding hydrogens is 346 g/mol. The summed E-state index contributed by atoms with van der Waals surface area (Å²) < 4.78 is 10.5. The number of hydrogen-bond donors (Lipinski definition) is 2. The van der Waals surface area contributed by atoms with E-state index in [4.69, 9.17) is 14.9 Å². The molecule has 1 aliphatic rings. The molecule has 0 saturated carbocycles. The number of amides is 1. The number of benzene rings is 1. The Morgan fingerprint density at radius 1 is 1.37 bits per heavy atom. The van der Waals surface area contributed by atoms with Crippen LogP contribution in [0.2, 0.25) is 0 Å². The van der Waals surface area contributed by atoms with Gasteiger partial charge in [-0.25, -0.2) is 14.8 Å². The van der Waals surface area contributed by atoms with Crippen molar-refractivity contribution in [1.29, 1.82) is 0 Å². The van der Waals surface area contributed by atoms with Gasteiger partial charge in [0.2, 0.25) is 5.89 Å². The maximum Gasteiger partial charge on any atom is 0.409 e. The minimum absolute atomic E-state index is 0.191. The summed E-state index contributed by atoms with van der Waals surface area (Å²) in [6.45, 7) is 3.84. The van der Waals surface area contributed by atoms with E-state index in [1.807, 2.05) is 30.3 Å². The van der Waals surface area contributed by atoms with Gasteiger partial charge in [-0.1, -0.05) is 18.2 Å². The summed E-state index contributed by atoms with van der Waals surface area (Å²) >= 11 is 0. The molecule has 1 fully saturated rings. The van der Waals surface area contributed by atoms with Gasteiger partial charge >= 0.3 is 6.09 Å². The van der Waals surface area contributed by atoms with Crippen LogP contribution in [0.5, 0.6) is 0 Å². The Kier molecular flexibility index (Phi) is 6.30. The van der Waals surface area contributed by atoms with E-state index in [9.17, 15) is 4.79 Å². The summed E-state index contributed by atoms with van der Waals surface area (Å²) in [7, 11) is 0. The number of aliphatic imine (C=N–C) groups is 1. The van der Waals surface area contributed by atoms with Gasteiger partial charge in [-0.3, -0.25) is 0 Å². The van der Waals surface area contributed by atoms with Crippen LogP contribution in [0.1, 0.15) is 25.5 Å². The van der Waals surface area contributed by atoms with Crippen LogP contribution in [-0.4, -0.2) is 47.7 Å². The highest BCUT2D eigenvalue weighted by Gasteiger charge is 2.23. The molecule has 0 aliphatic carbocycles. The third-order valence-electron chi connectivity index (χ3n) is 4.36. The summed E-state index contributed by atoms with van der Waals surface area (Å²) in [5.41, 5.74) is 7.63. The second kappa shape index (κ2) is 9.07. The normalized spacial score (nSPS) is 15.6. The number of nitrogens with one attached hydrogen (secondary N) is 1. The fourth-order valence-electron chi connectivity index (χ4n) is 2.94. The van der Waals surface area contributed by atoms with Crippen molar-refractivity contribution in [2.45, 2.75) is 32.4 Å². The average molecular weight is 371 g/mol. The number of oxazole rings is 1. The van der Waals surface area contributed by atoms with Crippen LogP contribution < -0.4 is 11.1 Å². The summed E-state index contributed by atoms with van der Waals surface area (Å²) in [5.74, 6) is 0.938. The minimum atomic E-state index is -0.252. The first-order valence-corrected chi connectivity index (χ1v) is 9.13. The molecule has 0 radical (unpaired) electrons. The van der Waals surface area contributed by atoms with Crippen LogP contribution in [0.25, 0.3) is 11.5 Å². The number of rotatable bonds is 5. The average Bonchev–Trinajstić information content (AvgIpc) is 3.17. The van der Waals surface area contributed by atoms with Gasteiger partial charge in [0.1, 0.15) is 12.0 Å². The fourth-order valence-corrected chi connectivity index (χ4v) is 2.94. The second-order valence-electron chi connectivity index (χ2n) is 6.32. The fraction of sp³-hybridized carbons (Fsp3) is 0.421. The summed E-state index contributed by atoms with van der Waals surface area (Å²) in [6, 6.07) is 9.89. The smallest absolute Gasteiger partial charge is 0.409 e. The summed E-state index contributed by atoms with van der Waals surface area (Å²) in [4.78, 5) is 22.2. The van der Waals surface area contributed by atoms with Gasteiger partial charge in [-0.2, -0.15) is 0 Å². The Morgan fingerprint density at radius 3 is 2.81 bits per heavy atom. The van der Waals surface area contributed by atoms with Crippen LogP contribution in [0.4, 0.5) is 4.79 Å². The van der Waals surface area contributed by atoms with Crippen molar-refractivity contribution in [3.63, 3.8) is 0 Å². The van der Waals surface area contributed by atoms with E-state index in [1.54, 1.807) is 18.1 Å². The number of ether oxygens (including phenoxy) is 1. The third kappa shape index (κ3) is 5.22. The Bertz CT molecular complexity index is 767. The monoisotopic (exact) mass is 371 g/mol. The van der Waals surface area contributed by atoms with Crippen molar-refractivity contribution in [3.05, 3.63) is 42.3 Å². The van der Waals surface area contributed by atoms with Gasteiger partial charge in [-0.15, -0.1) is 0 Å². The molecule has 3 N–H and O–H groups in total. The quantitative estimate of drug-likeness (QED) is 0.617. The molecule has 8 heteroatoms. The molecule has 2 heterocycles. The lowest BCUT2D eigenvalue weighted by molar-refractivity contribution is 0.0963. The Morgan fingerprint density at radius 2 is 2.11 bits per heavy atom. The Balaban J connectivity index is 1.47. The van der Waals surface area contributed by atoms with Crippen molar-refractivity contribution in [2.75, 3.05) is 19.7 Å². The van der Waals surface area contributed by atoms with Crippen molar-refractivity contribution in [3.8, 4) is 11.5 Å². The largest absolute Gasteiger partial charge is 0.450 e. The van der Waals surface area contributed by atoms with Crippen molar-refractivity contribution >= 4 is 12.1 Å². The van der Waals surface area contributed by atoms with Gasteiger partial charge in [0.05, 0.1) is 13.2 Å². The summed E-state index contributed by atoms with van der Waals surface area (Å²) in [5, 5.41) is 3.21. The predicted molar refractivity (Wildman–Crippen MR) is 102 cm³/mol. The number of piperidine rings is 1. The standard InChI is InChI=1S/C19H25N5O3/c1-2-26-19(25)24-10-8-15(9-11-24)23-18(20)21-12-16-13-27-17(22-16)14-6-4-3-5-7-14/h3-7,13,15H,2,8-12H2,1H3,(H3,20,21,23). The lowest BCUT2D eigenvalue weighted by Gasteiger charge is -2.31. The van der Waals surface area contributed by atoms with E-state index >= 15 is 0 Å². The lowest BCUT2D eigenvalue weighted by atomic mass is 10.1. The number of carbonyl (C=O) groups excluding carboxylic acids is 1. The molecule has 144 valence electrons. The highest BCUT2D eigenvalue weighted by atomic mass is 16.6. The van der Waals surface area contributed by atoms with Crippen molar-refractivity contribution < 1.29 is 13.9 Å². The van der Waals surface area contributed by atoms with Gasteiger partial charge < -0.3 is 25.1 Å². The summed E-state index contributed by atoms with van der Waals surface area (Å²) in [6.07, 6.45) is 2.95. The molecule has 0 bridgehead atoms. The maximum atomic E-state index is 11.7. The second-order valence-corrected chi connectivity index (χ2v) is 6.32. The van der Waals surface area contributed by atoms with Gasteiger partial charge in [0.25, 0.3) is 0 Å². The minimum Gasteiger partial charge on any atom is -0.450 e. The van der Waals surface area contributed by atoms with E-state index in [1.165, 1.54) is 0 Å². The predicted octanol–water partition coefficient (Wildman–Crippen LogP) is 2.37. The van der Waals surface area contributed by atoms with Crippen LogP contribution in [-0.2, 0) is 11.3 Å². The molecule has 27 heavy (non-hydrogen) atoms. The van der Waals surface area contributed by atoms with Gasteiger partial charge in [-0.05, 0) is 31.9 Å². The zero-order valence-electron chi connectivity index (χ0n) is 15.4. The molecule has 0 unspecified atom stereocenters. The SMILES string of the molecule is CCOC(=O)N1CCC(NC(N)=NCc2coc(-c3ccccc3)n2)CC1. The zero-order chi connectivity index (χ0) is 19.1. The molecule has 1 aromatic heterocycles. The highest BCUT2D eigenvalue weighted by molar-refractivity contribution is 5.78. The van der Waals surface area contributed by atoms with Crippen LogP contribution in [0.15, 0.2) is 46.0 Å². The molecule has 1 aliphatic heterocycles. The number of likely N-dealkylation sites (tertiary alicyclic amines) is 1. The maximum absolute atomic E-state index is 11.7. The molecule has 1 saturated heterocycles. The Hall–Kier alpha value is -3.03. The number of carbonyl (C=O) groups is 1. The zero-order valence-corrected chi connectivity index (χ0v) is 15.4. The topological polar surface area (TPSA) is 106 Å². The van der Waals surface area contributed by atoms with Crippen LogP contribution in [0.3, 0.4) is 0 Å². The first-order chi connectivity index (χ1) is 13.2. The molecule has 3 rings (SSSR count). The van der Waals surface area contributed by atoms with Gasteiger partial charge in [0, 0.05) is 24.7 Å². The van der Waals surface area contributed by atoms with E-state index in [-0.39, 0.29) is 12.1 Å². The van der Waals surface area contributed by atoms with E-state index < -0.39 is 0 Å². The number of aromatic nitrogens is 1. The first kappa shape index (κ1) is 18.8. The molecule has 8 nitrogen and oxygen atoms in total. The number of nitrogens with two attached hydrogens (primary N) is 1. The van der Waals surface area contributed by atoms with Crippen molar-refractivity contribution in [1.82, 2.24) is 15.2 Å². The molecule has 1 amide bonds. The van der Waals surface area contributed by atoms with E-state index in [0.717, 1.165) is 24.1 Å². The Labute approximate surface area is 158 Å². The molecule has 1 aromatic carbocycles. The molecule has 0 spiro atoms. The molecule has 2 aromatic rings. The lowest BCUT2D eigenvalue weighted by Crippen LogP contribution is -2.48. The molecular formula is C19H25N5O3. The number of hydrogen-bond acceptors (Lipinski definition) is 5. The molecule has 0 atom stereocenters. The van der Waals surface area contributed by atoms with Crippen LogP contribution in [0, 0.1) is 0 Å². The highest BCUT2D eigenvalue weighted by Crippen LogP contribution is 2.18. The first-order valence-electron chi connectivity index (χ1n) is 9.13. The van der Waals surface area contributed by atoms with Crippen molar-refractivity contribution in [2.24, 2.45) is 10.7 Å². The van der Waals surface area contributed by atoms with E-state index in [0.29, 0.717) is 38.1 Å². The third-order valence-corrected chi connectivity index (χ3v) is 4.36.